The smallest absolute Gasteiger partial charge is 0.224 e. The van der Waals surface area contributed by atoms with Gasteiger partial charge in [-0.05, 0) is 42.3 Å². The van der Waals surface area contributed by atoms with E-state index < -0.39 is 0 Å². The first-order valence-corrected chi connectivity index (χ1v) is 6.00. The minimum Gasteiger partial charge on any atom is -0.467 e. The fourth-order valence-electron chi connectivity index (χ4n) is 2.10. The van der Waals surface area contributed by atoms with E-state index in [1.54, 1.807) is 6.26 Å². The highest BCUT2D eigenvalue weighted by molar-refractivity contribution is 5.94. The Labute approximate surface area is 105 Å². The number of rotatable bonds is 3. The molecular weight excluding hydrogens is 228 g/mol. The number of hydrogen-bond acceptors (Lipinski definition) is 3. The van der Waals surface area contributed by atoms with Gasteiger partial charge in [0, 0.05) is 17.8 Å². The Morgan fingerprint density at radius 3 is 3.06 bits per heavy atom. The van der Waals surface area contributed by atoms with Crippen molar-refractivity contribution < 1.29 is 9.21 Å². The number of aryl methyl sites for hydroxylation is 1. The zero-order chi connectivity index (χ0) is 12.4. The SMILES string of the molecule is O=C1CCc2cc(NCc3ccco3)ccc2N1. The van der Waals surface area contributed by atoms with Gasteiger partial charge in [0.25, 0.3) is 0 Å². The largest absolute Gasteiger partial charge is 0.467 e. The standard InChI is InChI=1S/C14H14N2O2/c17-14-6-3-10-8-11(4-5-13(10)16-14)15-9-12-2-1-7-18-12/h1-2,4-5,7-8,15H,3,6,9H2,(H,16,17). The van der Waals surface area contributed by atoms with Gasteiger partial charge in [0.1, 0.15) is 5.76 Å². The summed E-state index contributed by atoms with van der Waals surface area (Å²) in [5, 5.41) is 6.17. The summed E-state index contributed by atoms with van der Waals surface area (Å²) in [5.41, 5.74) is 3.15. The lowest BCUT2D eigenvalue weighted by Crippen LogP contribution is -2.18. The molecule has 1 amide bonds. The Morgan fingerprint density at radius 1 is 1.28 bits per heavy atom. The number of furan rings is 1. The summed E-state index contributed by atoms with van der Waals surface area (Å²) in [6.45, 7) is 0.665. The van der Waals surface area contributed by atoms with Crippen molar-refractivity contribution in [3.63, 3.8) is 0 Å². The highest BCUT2D eigenvalue weighted by atomic mass is 16.3. The maximum absolute atomic E-state index is 11.3. The molecule has 0 saturated heterocycles. The molecule has 4 heteroatoms. The molecule has 2 heterocycles. The first kappa shape index (κ1) is 10.9. The number of benzene rings is 1. The molecule has 0 saturated carbocycles. The van der Waals surface area contributed by atoms with Crippen molar-refractivity contribution >= 4 is 17.3 Å². The van der Waals surface area contributed by atoms with Gasteiger partial charge >= 0.3 is 0 Å². The summed E-state index contributed by atoms with van der Waals surface area (Å²) < 4.78 is 5.26. The van der Waals surface area contributed by atoms with Crippen molar-refractivity contribution in [2.45, 2.75) is 19.4 Å². The van der Waals surface area contributed by atoms with Crippen LogP contribution in [-0.4, -0.2) is 5.91 Å². The summed E-state index contributed by atoms with van der Waals surface area (Å²) in [7, 11) is 0. The maximum atomic E-state index is 11.3. The number of anilines is 2. The molecule has 4 nitrogen and oxygen atoms in total. The van der Waals surface area contributed by atoms with Crippen molar-refractivity contribution in [2.24, 2.45) is 0 Å². The van der Waals surface area contributed by atoms with Gasteiger partial charge < -0.3 is 15.1 Å². The highest BCUT2D eigenvalue weighted by Gasteiger charge is 2.14. The topological polar surface area (TPSA) is 54.3 Å². The Balaban J connectivity index is 1.72. The van der Waals surface area contributed by atoms with E-state index >= 15 is 0 Å². The van der Waals surface area contributed by atoms with Crippen LogP contribution in [0.1, 0.15) is 17.7 Å². The molecule has 1 aromatic heterocycles. The van der Waals surface area contributed by atoms with Crippen LogP contribution < -0.4 is 10.6 Å². The summed E-state index contributed by atoms with van der Waals surface area (Å²) >= 11 is 0. The second kappa shape index (κ2) is 4.56. The number of carbonyl (C=O) groups excluding carboxylic acids is 1. The lowest BCUT2D eigenvalue weighted by atomic mass is 10.0. The van der Waals surface area contributed by atoms with Crippen LogP contribution in [0.2, 0.25) is 0 Å². The highest BCUT2D eigenvalue weighted by Crippen LogP contribution is 2.25. The quantitative estimate of drug-likeness (QED) is 0.870. The molecule has 3 rings (SSSR count). The molecule has 0 radical (unpaired) electrons. The van der Waals surface area contributed by atoms with Crippen molar-refractivity contribution in [1.82, 2.24) is 0 Å². The van der Waals surface area contributed by atoms with Gasteiger partial charge in [0.15, 0.2) is 0 Å². The van der Waals surface area contributed by atoms with Crippen LogP contribution in [0.25, 0.3) is 0 Å². The average Bonchev–Trinajstić information content (AvgIpc) is 2.89. The molecule has 18 heavy (non-hydrogen) atoms. The Hall–Kier alpha value is -2.23. The minimum atomic E-state index is 0.0961. The van der Waals surface area contributed by atoms with Crippen LogP contribution in [0.5, 0.6) is 0 Å². The normalized spacial score (nSPS) is 13.9. The van der Waals surface area contributed by atoms with E-state index in [9.17, 15) is 4.79 Å². The number of amides is 1. The third kappa shape index (κ3) is 2.22. The van der Waals surface area contributed by atoms with E-state index in [0.29, 0.717) is 13.0 Å². The maximum Gasteiger partial charge on any atom is 0.224 e. The van der Waals surface area contributed by atoms with E-state index in [1.807, 2.05) is 24.3 Å². The van der Waals surface area contributed by atoms with Gasteiger partial charge in [0.2, 0.25) is 5.91 Å². The second-order valence-corrected chi connectivity index (χ2v) is 4.35. The van der Waals surface area contributed by atoms with E-state index in [4.69, 9.17) is 4.42 Å². The minimum absolute atomic E-state index is 0.0961. The summed E-state index contributed by atoms with van der Waals surface area (Å²) in [4.78, 5) is 11.3. The average molecular weight is 242 g/mol. The third-order valence-electron chi connectivity index (χ3n) is 3.05. The molecule has 1 aromatic carbocycles. The second-order valence-electron chi connectivity index (χ2n) is 4.35. The van der Waals surface area contributed by atoms with Crippen molar-refractivity contribution in [3.05, 3.63) is 47.9 Å². The summed E-state index contributed by atoms with van der Waals surface area (Å²) in [6, 6.07) is 9.80. The number of fused-ring (bicyclic) bond motifs is 1. The zero-order valence-electron chi connectivity index (χ0n) is 9.90. The number of carbonyl (C=O) groups is 1. The van der Waals surface area contributed by atoms with E-state index in [1.165, 1.54) is 5.56 Å². The molecule has 2 N–H and O–H groups in total. The molecule has 0 atom stereocenters. The first-order chi connectivity index (χ1) is 8.81. The Morgan fingerprint density at radius 2 is 2.22 bits per heavy atom. The van der Waals surface area contributed by atoms with Crippen molar-refractivity contribution in [1.29, 1.82) is 0 Å². The predicted molar refractivity (Wildman–Crippen MR) is 69.4 cm³/mol. The Kier molecular flexibility index (Phi) is 2.76. The van der Waals surface area contributed by atoms with Crippen LogP contribution in [0.4, 0.5) is 11.4 Å². The summed E-state index contributed by atoms with van der Waals surface area (Å²) in [6.07, 6.45) is 3.03. The van der Waals surface area contributed by atoms with Crippen LogP contribution in [0.15, 0.2) is 41.0 Å². The van der Waals surface area contributed by atoms with E-state index in [-0.39, 0.29) is 5.91 Å². The molecule has 1 aliphatic rings. The zero-order valence-corrected chi connectivity index (χ0v) is 9.90. The summed E-state index contributed by atoms with van der Waals surface area (Å²) in [5.74, 6) is 1.000. The number of hydrogen-bond donors (Lipinski definition) is 2. The van der Waals surface area contributed by atoms with E-state index in [2.05, 4.69) is 16.7 Å². The molecule has 0 bridgehead atoms. The monoisotopic (exact) mass is 242 g/mol. The third-order valence-corrected chi connectivity index (χ3v) is 3.05. The van der Waals surface area contributed by atoms with Gasteiger partial charge in [-0.15, -0.1) is 0 Å². The molecule has 2 aromatic rings. The Bertz CT molecular complexity index is 561. The van der Waals surface area contributed by atoms with Gasteiger partial charge in [-0.3, -0.25) is 4.79 Å². The predicted octanol–water partition coefficient (Wildman–Crippen LogP) is 2.78. The molecular formula is C14H14N2O2. The van der Waals surface area contributed by atoms with Crippen molar-refractivity contribution in [2.75, 3.05) is 10.6 Å². The fourth-order valence-corrected chi connectivity index (χ4v) is 2.10. The number of nitrogens with one attached hydrogen (secondary N) is 2. The lowest BCUT2D eigenvalue weighted by Gasteiger charge is -2.17. The fraction of sp³-hybridized carbons (Fsp3) is 0.214. The molecule has 0 spiro atoms. The van der Waals surface area contributed by atoms with Crippen LogP contribution in [0, 0.1) is 0 Å². The van der Waals surface area contributed by atoms with Crippen LogP contribution >= 0.6 is 0 Å². The van der Waals surface area contributed by atoms with Gasteiger partial charge in [0.05, 0.1) is 12.8 Å². The van der Waals surface area contributed by atoms with Crippen LogP contribution in [-0.2, 0) is 17.8 Å². The van der Waals surface area contributed by atoms with Gasteiger partial charge in [-0.2, -0.15) is 0 Å². The molecule has 1 aliphatic heterocycles. The lowest BCUT2D eigenvalue weighted by molar-refractivity contribution is -0.116. The van der Waals surface area contributed by atoms with E-state index in [0.717, 1.165) is 23.6 Å². The van der Waals surface area contributed by atoms with Gasteiger partial charge in [-0.1, -0.05) is 0 Å². The molecule has 0 aliphatic carbocycles. The van der Waals surface area contributed by atoms with Gasteiger partial charge in [-0.25, -0.2) is 0 Å². The molecule has 0 fully saturated rings. The molecule has 92 valence electrons. The van der Waals surface area contributed by atoms with Crippen molar-refractivity contribution in [3.8, 4) is 0 Å². The first-order valence-electron chi connectivity index (χ1n) is 6.00. The van der Waals surface area contributed by atoms with Crippen LogP contribution in [0.3, 0.4) is 0 Å². The molecule has 0 unspecified atom stereocenters.